The van der Waals surface area contributed by atoms with Crippen molar-refractivity contribution in [3.63, 3.8) is 0 Å². The van der Waals surface area contributed by atoms with Crippen LogP contribution in [0.2, 0.25) is 0 Å². The number of anilines is 1. The first-order valence-electron chi connectivity index (χ1n) is 10.3. The van der Waals surface area contributed by atoms with Gasteiger partial charge in [0.1, 0.15) is 0 Å². The molecule has 1 heterocycles. The maximum Gasteiger partial charge on any atom is 0.338 e. The summed E-state index contributed by atoms with van der Waals surface area (Å²) in [5, 5.41) is 0. The molecule has 170 valence electrons. The van der Waals surface area contributed by atoms with Gasteiger partial charge in [-0.1, -0.05) is 13.8 Å². The maximum absolute atomic E-state index is 12.9. The number of hydrogen-bond acceptors (Lipinski definition) is 5. The molecular formula is C23H27N3O5S. The summed E-state index contributed by atoms with van der Waals surface area (Å²) in [6.45, 7) is 7.80. The number of rotatable bonds is 7. The summed E-state index contributed by atoms with van der Waals surface area (Å²) >= 11 is 0. The van der Waals surface area contributed by atoms with E-state index in [2.05, 4.69) is 4.72 Å². The second-order valence-electron chi connectivity index (χ2n) is 7.69. The number of hydrogen-bond donors (Lipinski definition) is 1. The summed E-state index contributed by atoms with van der Waals surface area (Å²) in [5.74, 6) is -0.390. The first kappa shape index (κ1) is 23.3. The van der Waals surface area contributed by atoms with Crippen LogP contribution in [0.3, 0.4) is 0 Å². The Morgan fingerprint density at radius 3 is 2.16 bits per heavy atom. The molecule has 8 nitrogen and oxygen atoms in total. The molecule has 3 aromatic rings. The van der Waals surface area contributed by atoms with Gasteiger partial charge < -0.3 is 4.74 Å². The normalized spacial score (nSPS) is 11.6. The van der Waals surface area contributed by atoms with E-state index in [0.29, 0.717) is 16.9 Å². The van der Waals surface area contributed by atoms with Crippen LogP contribution >= 0.6 is 0 Å². The molecule has 1 N–H and O–H groups in total. The summed E-state index contributed by atoms with van der Waals surface area (Å²) in [6, 6.07) is 12.1. The predicted molar refractivity (Wildman–Crippen MR) is 123 cm³/mol. The number of esters is 1. The second-order valence-corrected chi connectivity index (χ2v) is 9.37. The number of nitrogens with zero attached hydrogens (tertiary/aromatic N) is 2. The number of aromatic nitrogens is 2. The minimum Gasteiger partial charge on any atom is -0.462 e. The molecular weight excluding hydrogens is 430 g/mol. The van der Waals surface area contributed by atoms with Crippen molar-refractivity contribution < 1.29 is 17.9 Å². The zero-order valence-corrected chi connectivity index (χ0v) is 19.6. The zero-order chi connectivity index (χ0) is 23.6. The van der Waals surface area contributed by atoms with Crippen LogP contribution in [0.25, 0.3) is 5.69 Å². The Morgan fingerprint density at radius 1 is 1.06 bits per heavy atom. The minimum absolute atomic E-state index is 0.0544. The van der Waals surface area contributed by atoms with Gasteiger partial charge in [-0.2, -0.15) is 0 Å². The van der Waals surface area contributed by atoms with Crippen LogP contribution in [0.1, 0.15) is 48.3 Å². The zero-order valence-electron chi connectivity index (χ0n) is 18.7. The fraction of sp³-hybridized carbons (Fsp3) is 0.304. The highest BCUT2D eigenvalue weighted by Crippen LogP contribution is 2.21. The lowest BCUT2D eigenvalue weighted by atomic mass is 10.0. The monoisotopic (exact) mass is 457 g/mol. The van der Waals surface area contributed by atoms with Crippen molar-refractivity contribution >= 4 is 21.7 Å². The van der Waals surface area contributed by atoms with Gasteiger partial charge >= 0.3 is 5.97 Å². The van der Waals surface area contributed by atoms with E-state index in [1.165, 1.54) is 41.1 Å². The van der Waals surface area contributed by atoms with Gasteiger partial charge in [-0.3, -0.25) is 14.2 Å². The van der Waals surface area contributed by atoms with Crippen molar-refractivity contribution in [1.82, 2.24) is 9.36 Å². The molecule has 0 radical (unpaired) electrons. The molecule has 0 saturated heterocycles. The van der Waals surface area contributed by atoms with Crippen molar-refractivity contribution in [3.8, 4) is 5.69 Å². The van der Waals surface area contributed by atoms with Crippen LogP contribution in [0, 0.1) is 6.92 Å². The molecule has 0 atom stereocenters. The lowest BCUT2D eigenvalue weighted by molar-refractivity contribution is 0.0526. The van der Waals surface area contributed by atoms with E-state index in [1.807, 2.05) is 20.8 Å². The van der Waals surface area contributed by atoms with E-state index in [-0.39, 0.29) is 23.0 Å². The minimum atomic E-state index is -3.85. The van der Waals surface area contributed by atoms with Crippen molar-refractivity contribution in [2.24, 2.45) is 7.05 Å². The van der Waals surface area contributed by atoms with Crippen LogP contribution in [0.5, 0.6) is 0 Å². The number of sulfonamides is 1. The van der Waals surface area contributed by atoms with Gasteiger partial charge in [0, 0.05) is 24.0 Å². The van der Waals surface area contributed by atoms with Gasteiger partial charge in [-0.05, 0) is 68.3 Å². The maximum atomic E-state index is 12.9. The summed E-state index contributed by atoms with van der Waals surface area (Å²) < 4.78 is 36.3. The fourth-order valence-electron chi connectivity index (χ4n) is 3.55. The van der Waals surface area contributed by atoms with E-state index in [9.17, 15) is 18.0 Å². The Balaban J connectivity index is 1.85. The van der Waals surface area contributed by atoms with Crippen molar-refractivity contribution in [1.29, 1.82) is 0 Å². The van der Waals surface area contributed by atoms with Crippen molar-refractivity contribution in [3.05, 3.63) is 75.7 Å². The molecule has 0 unspecified atom stereocenters. The highest BCUT2D eigenvalue weighted by atomic mass is 32.2. The summed E-state index contributed by atoms with van der Waals surface area (Å²) in [5.41, 5.74) is 2.72. The Morgan fingerprint density at radius 2 is 1.66 bits per heavy atom. The molecule has 0 saturated carbocycles. The standard InChI is InChI=1S/C23H27N3O5S/c1-6-31-23(28)17-7-9-18(10-8-17)24-32(29,30)20-13-11-19(12-14-20)26-22(27)21(15(2)3)16(4)25(26)5/h7-15,24H,6H2,1-5H3. The average molecular weight is 458 g/mol. The molecule has 0 aliphatic heterocycles. The summed E-state index contributed by atoms with van der Waals surface area (Å²) in [6.07, 6.45) is 0. The SMILES string of the molecule is CCOC(=O)c1ccc(NS(=O)(=O)c2ccc(-n3c(=O)c(C(C)C)c(C)n3C)cc2)cc1. The first-order chi connectivity index (χ1) is 15.1. The quantitative estimate of drug-likeness (QED) is 0.547. The third kappa shape index (κ3) is 4.47. The Kier molecular flexibility index (Phi) is 6.59. The van der Waals surface area contributed by atoms with Crippen LogP contribution in [-0.4, -0.2) is 30.4 Å². The smallest absolute Gasteiger partial charge is 0.338 e. The van der Waals surface area contributed by atoms with Gasteiger partial charge in [0.15, 0.2) is 0 Å². The fourth-order valence-corrected chi connectivity index (χ4v) is 4.61. The molecule has 0 amide bonds. The molecule has 9 heteroatoms. The third-order valence-electron chi connectivity index (χ3n) is 5.22. The number of ether oxygens (including phenoxy) is 1. The number of carbonyl (C=O) groups excluding carboxylic acids is 1. The highest BCUT2D eigenvalue weighted by Gasteiger charge is 2.20. The molecule has 0 spiro atoms. The molecule has 0 aliphatic rings. The van der Waals surface area contributed by atoms with E-state index >= 15 is 0 Å². The topological polar surface area (TPSA) is 99.4 Å². The summed E-state index contributed by atoms with van der Waals surface area (Å²) in [4.78, 5) is 24.7. The molecule has 1 aromatic heterocycles. The lowest BCUT2D eigenvalue weighted by Crippen LogP contribution is -2.21. The van der Waals surface area contributed by atoms with Crippen LogP contribution < -0.4 is 10.3 Å². The van der Waals surface area contributed by atoms with Crippen molar-refractivity contribution in [2.45, 2.75) is 38.5 Å². The molecule has 2 aromatic carbocycles. The molecule has 32 heavy (non-hydrogen) atoms. The Hall–Kier alpha value is -3.33. The number of nitrogens with one attached hydrogen (secondary N) is 1. The predicted octanol–water partition coefficient (Wildman–Crippen LogP) is 3.59. The second kappa shape index (κ2) is 9.04. The lowest BCUT2D eigenvalue weighted by Gasteiger charge is -2.11. The van der Waals surface area contributed by atoms with Gasteiger partial charge in [0.05, 0.1) is 22.8 Å². The Labute approximate surface area is 187 Å². The Bertz CT molecular complexity index is 1290. The van der Waals surface area contributed by atoms with Gasteiger partial charge in [0.2, 0.25) is 0 Å². The first-order valence-corrected chi connectivity index (χ1v) is 11.7. The van der Waals surface area contributed by atoms with Crippen LogP contribution in [0.15, 0.2) is 58.2 Å². The number of carbonyl (C=O) groups is 1. The van der Waals surface area contributed by atoms with Gasteiger partial charge in [-0.15, -0.1) is 0 Å². The van der Waals surface area contributed by atoms with E-state index in [0.717, 1.165) is 11.3 Å². The highest BCUT2D eigenvalue weighted by molar-refractivity contribution is 7.92. The summed E-state index contributed by atoms with van der Waals surface area (Å²) in [7, 11) is -2.05. The van der Waals surface area contributed by atoms with Gasteiger partial charge in [-0.25, -0.2) is 17.9 Å². The van der Waals surface area contributed by atoms with Crippen LogP contribution in [-0.2, 0) is 21.8 Å². The van der Waals surface area contributed by atoms with Crippen molar-refractivity contribution in [2.75, 3.05) is 11.3 Å². The van der Waals surface area contributed by atoms with E-state index in [4.69, 9.17) is 4.74 Å². The molecule has 0 bridgehead atoms. The third-order valence-corrected chi connectivity index (χ3v) is 6.61. The van der Waals surface area contributed by atoms with E-state index in [1.54, 1.807) is 30.8 Å². The molecule has 0 aliphatic carbocycles. The largest absolute Gasteiger partial charge is 0.462 e. The number of benzene rings is 2. The molecule has 3 rings (SSSR count). The molecule has 0 fully saturated rings. The van der Waals surface area contributed by atoms with E-state index < -0.39 is 16.0 Å². The average Bonchev–Trinajstić information content (AvgIpc) is 2.97. The van der Waals surface area contributed by atoms with Crippen LogP contribution in [0.4, 0.5) is 5.69 Å². The van der Waals surface area contributed by atoms with Gasteiger partial charge in [0.25, 0.3) is 15.6 Å².